The smallest absolute Gasteiger partial charge is 0.0886 e. The molecule has 16 heavy (non-hydrogen) atoms. The Hall–Kier alpha value is -0.536. The van der Waals surface area contributed by atoms with Crippen LogP contribution in [0.1, 0.15) is 43.0 Å². The summed E-state index contributed by atoms with van der Waals surface area (Å²) in [5.41, 5.74) is 4.91. The van der Waals surface area contributed by atoms with E-state index in [1.54, 1.807) is 0 Å². The van der Waals surface area contributed by atoms with Crippen molar-refractivity contribution in [2.45, 2.75) is 27.7 Å². The van der Waals surface area contributed by atoms with Crippen LogP contribution < -0.4 is 0 Å². The molecule has 0 aromatic heterocycles. The first-order valence-electron chi connectivity index (χ1n) is 4.86. The molecule has 2 rings (SSSR count). The molecule has 0 fully saturated rings. The van der Waals surface area contributed by atoms with Gasteiger partial charge in [0.2, 0.25) is 0 Å². The second-order valence-electron chi connectivity index (χ2n) is 3.97. The zero-order valence-corrected chi connectivity index (χ0v) is 12.7. The number of hydrogen-bond donors (Lipinski definition) is 0. The van der Waals surface area contributed by atoms with Gasteiger partial charge in [0, 0.05) is 43.8 Å². The second-order valence-corrected chi connectivity index (χ2v) is 3.97. The Morgan fingerprint density at radius 3 is 1.31 bits per heavy atom. The SMILES string of the molecule is Cc1c(C)c(C)c2c(c1C)C(=O)[N-]C2=O.[Y]. The summed E-state index contributed by atoms with van der Waals surface area (Å²) in [6.07, 6.45) is 0. The standard InChI is InChI=1S/C12H13NO2.Y/c1-5-6(2)8(4)10-9(7(5)3)11(14)13-12(10)15;/h1-4H3,(H,13,14,15);/p-1. The molecule has 0 unspecified atom stereocenters. The topological polar surface area (TPSA) is 48.2 Å². The average molecular weight is 291 g/mol. The molecule has 3 nitrogen and oxygen atoms in total. The number of benzene rings is 1. The molecule has 1 radical (unpaired) electrons. The molecular weight excluding hydrogens is 279 g/mol. The van der Waals surface area contributed by atoms with Gasteiger partial charge >= 0.3 is 0 Å². The number of fused-ring (bicyclic) bond motifs is 1. The van der Waals surface area contributed by atoms with E-state index in [2.05, 4.69) is 5.32 Å². The molecule has 1 heterocycles. The van der Waals surface area contributed by atoms with Crippen LogP contribution in [-0.2, 0) is 32.7 Å². The molecular formula is C12H12NO2Y-. The minimum absolute atomic E-state index is 0. The maximum atomic E-state index is 11.5. The summed E-state index contributed by atoms with van der Waals surface area (Å²) in [6.45, 7) is 7.67. The average Bonchev–Trinajstić information content (AvgIpc) is 2.47. The van der Waals surface area contributed by atoms with Crippen LogP contribution in [0.5, 0.6) is 0 Å². The monoisotopic (exact) mass is 291 g/mol. The first-order chi connectivity index (χ1) is 6.95. The zero-order chi connectivity index (χ0) is 11.3. The van der Waals surface area contributed by atoms with Crippen molar-refractivity contribution in [1.29, 1.82) is 0 Å². The third-order valence-electron chi connectivity index (χ3n) is 3.32. The van der Waals surface area contributed by atoms with Gasteiger partial charge in [-0.05, 0) is 49.9 Å². The summed E-state index contributed by atoms with van der Waals surface area (Å²) in [5, 5.41) is 3.48. The Bertz CT molecular complexity index is 461. The molecule has 81 valence electrons. The molecule has 4 heteroatoms. The number of amides is 2. The number of nitrogens with zero attached hydrogens (tertiary/aromatic N) is 1. The molecule has 1 aromatic rings. The van der Waals surface area contributed by atoms with Crippen molar-refractivity contribution in [2.24, 2.45) is 0 Å². The van der Waals surface area contributed by atoms with E-state index in [-0.39, 0.29) is 32.7 Å². The Morgan fingerprint density at radius 1 is 0.688 bits per heavy atom. The van der Waals surface area contributed by atoms with Crippen LogP contribution in [0, 0.1) is 27.7 Å². The van der Waals surface area contributed by atoms with Gasteiger partial charge in [0.05, 0.1) is 11.8 Å². The van der Waals surface area contributed by atoms with Crippen molar-refractivity contribution < 1.29 is 42.3 Å². The summed E-state index contributed by atoms with van der Waals surface area (Å²) in [6, 6.07) is 0. The minimum Gasteiger partial charge on any atom is -0.587 e. The van der Waals surface area contributed by atoms with Crippen molar-refractivity contribution >= 4 is 11.8 Å². The molecule has 0 atom stereocenters. The van der Waals surface area contributed by atoms with Crippen LogP contribution in [0.3, 0.4) is 0 Å². The van der Waals surface area contributed by atoms with Gasteiger partial charge in [0.1, 0.15) is 0 Å². The van der Waals surface area contributed by atoms with Gasteiger partial charge in [-0.15, -0.1) is 0 Å². The van der Waals surface area contributed by atoms with E-state index in [4.69, 9.17) is 0 Å². The zero-order valence-electron chi connectivity index (χ0n) is 9.84. The predicted octanol–water partition coefficient (Wildman–Crippen LogP) is 2.59. The molecule has 1 aliphatic rings. The third-order valence-corrected chi connectivity index (χ3v) is 3.32. The fourth-order valence-electron chi connectivity index (χ4n) is 2.05. The van der Waals surface area contributed by atoms with Gasteiger partial charge in [-0.2, -0.15) is 0 Å². The van der Waals surface area contributed by atoms with Gasteiger partial charge in [-0.25, -0.2) is 0 Å². The second kappa shape index (κ2) is 4.38. The Labute approximate surface area is 120 Å². The van der Waals surface area contributed by atoms with Crippen LogP contribution in [0.15, 0.2) is 0 Å². The fraction of sp³-hybridized carbons (Fsp3) is 0.333. The first kappa shape index (κ1) is 13.5. The van der Waals surface area contributed by atoms with Crippen LogP contribution >= 0.6 is 0 Å². The van der Waals surface area contributed by atoms with Crippen LogP contribution in [0.4, 0.5) is 0 Å². The Morgan fingerprint density at radius 2 is 1.00 bits per heavy atom. The van der Waals surface area contributed by atoms with Gasteiger partial charge in [-0.3, -0.25) is 0 Å². The first-order valence-corrected chi connectivity index (χ1v) is 4.86. The summed E-state index contributed by atoms with van der Waals surface area (Å²) in [7, 11) is 0. The van der Waals surface area contributed by atoms with Crippen LogP contribution in [-0.4, -0.2) is 11.8 Å². The number of imide groups is 1. The van der Waals surface area contributed by atoms with E-state index >= 15 is 0 Å². The van der Waals surface area contributed by atoms with E-state index in [1.165, 1.54) is 0 Å². The fourth-order valence-corrected chi connectivity index (χ4v) is 2.05. The molecule has 0 N–H and O–H groups in total. The molecule has 0 spiro atoms. The minimum atomic E-state index is -0.390. The number of carbonyl (C=O) groups excluding carboxylic acids is 2. The van der Waals surface area contributed by atoms with Gasteiger partial charge < -0.3 is 14.9 Å². The van der Waals surface area contributed by atoms with Crippen molar-refractivity contribution in [1.82, 2.24) is 0 Å². The molecule has 0 saturated carbocycles. The van der Waals surface area contributed by atoms with Crippen molar-refractivity contribution in [2.75, 3.05) is 0 Å². The van der Waals surface area contributed by atoms with Crippen LogP contribution in [0.25, 0.3) is 5.32 Å². The Balaban J connectivity index is 0.00000128. The predicted molar refractivity (Wildman–Crippen MR) is 57.4 cm³/mol. The van der Waals surface area contributed by atoms with Crippen molar-refractivity contribution in [3.63, 3.8) is 0 Å². The summed E-state index contributed by atoms with van der Waals surface area (Å²) < 4.78 is 0. The van der Waals surface area contributed by atoms with Crippen LogP contribution in [0.2, 0.25) is 0 Å². The molecule has 2 amide bonds. The maximum Gasteiger partial charge on any atom is 0.0886 e. The number of carbonyl (C=O) groups is 2. The molecule has 0 saturated heterocycles. The largest absolute Gasteiger partial charge is 0.587 e. The molecule has 0 aliphatic carbocycles. The van der Waals surface area contributed by atoms with E-state index in [1.807, 2.05) is 27.7 Å². The van der Waals surface area contributed by atoms with Gasteiger partial charge in [0.15, 0.2) is 0 Å². The van der Waals surface area contributed by atoms with Crippen molar-refractivity contribution in [3.05, 3.63) is 38.7 Å². The molecule has 0 bridgehead atoms. The van der Waals surface area contributed by atoms with Gasteiger partial charge in [-0.1, -0.05) is 0 Å². The van der Waals surface area contributed by atoms with E-state index in [0.717, 1.165) is 22.3 Å². The van der Waals surface area contributed by atoms with E-state index in [9.17, 15) is 9.59 Å². The number of hydrogen-bond acceptors (Lipinski definition) is 2. The Kier molecular flexibility index (Phi) is 3.70. The van der Waals surface area contributed by atoms with E-state index < -0.39 is 11.8 Å². The van der Waals surface area contributed by atoms with Gasteiger partial charge in [0.25, 0.3) is 0 Å². The molecule has 1 aromatic carbocycles. The number of rotatable bonds is 0. The molecule has 1 aliphatic heterocycles. The summed E-state index contributed by atoms with van der Waals surface area (Å²) >= 11 is 0. The normalized spacial score (nSPS) is 13.2. The third kappa shape index (κ3) is 1.66. The summed E-state index contributed by atoms with van der Waals surface area (Å²) in [4.78, 5) is 23.1. The summed E-state index contributed by atoms with van der Waals surface area (Å²) in [5.74, 6) is -0.780. The van der Waals surface area contributed by atoms with E-state index in [0.29, 0.717) is 11.1 Å². The van der Waals surface area contributed by atoms with Crippen molar-refractivity contribution in [3.8, 4) is 0 Å². The maximum absolute atomic E-state index is 11.5. The quantitative estimate of drug-likeness (QED) is 0.690.